The van der Waals surface area contributed by atoms with Crippen LogP contribution in [0.3, 0.4) is 0 Å². The van der Waals surface area contributed by atoms with Crippen LogP contribution in [0.1, 0.15) is 37.2 Å². The van der Waals surface area contributed by atoms with E-state index in [1.807, 2.05) is 18.2 Å². The summed E-state index contributed by atoms with van der Waals surface area (Å²) in [5.74, 6) is -0.0112. The number of hydrogen-bond donors (Lipinski definition) is 1. The Hall–Kier alpha value is -1.22. The first kappa shape index (κ1) is 19.7. The molecule has 148 valence electrons. The van der Waals surface area contributed by atoms with Crippen LogP contribution in [-0.2, 0) is 15.7 Å². The molecule has 1 saturated heterocycles. The second-order valence-corrected chi connectivity index (χ2v) is 10.8. The Morgan fingerprint density at radius 1 is 1.24 bits per heavy atom. The number of halogens is 4. The lowest BCUT2D eigenvalue weighted by Gasteiger charge is -2.49. The Labute approximate surface area is 197 Å². The molecule has 0 aliphatic carbocycles. The lowest BCUT2D eigenvalue weighted by molar-refractivity contribution is -0.145. The van der Waals surface area contributed by atoms with E-state index in [0.717, 1.165) is 31.6 Å². The molecule has 1 aromatic carbocycles. The Morgan fingerprint density at radius 2 is 2.00 bits per heavy atom. The van der Waals surface area contributed by atoms with Gasteiger partial charge in [-0.05, 0) is 34.1 Å². The van der Waals surface area contributed by atoms with E-state index in [1.165, 1.54) is 0 Å². The number of aromatic amines is 1. The molecule has 29 heavy (non-hydrogen) atoms. The molecule has 2 aromatic rings. The normalized spacial score (nSPS) is 27.0. The maximum absolute atomic E-state index is 12.7. The van der Waals surface area contributed by atoms with Gasteiger partial charge >= 0.3 is 0 Å². The van der Waals surface area contributed by atoms with Gasteiger partial charge in [-0.1, -0.05) is 63.4 Å². The number of H-pyrrole nitrogens is 1. The summed E-state index contributed by atoms with van der Waals surface area (Å²) in [5.41, 5.74) is 3.06. The highest BCUT2D eigenvalue weighted by Gasteiger charge is 2.59. The SMILES string of the molecule is CC1(C)/C=C/C2=Nc3cc(Br)cc(Br)c3[C@@]23CC(=O)N3/C=C(\Cl)c2nc(Br)[nH]c21. The van der Waals surface area contributed by atoms with Gasteiger partial charge in [0.2, 0.25) is 5.91 Å². The van der Waals surface area contributed by atoms with Gasteiger partial charge in [-0.25, -0.2) is 4.98 Å². The minimum atomic E-state index is -0.677. The van der Waals surface area contributed by atoms with E-state index in [9.17, 15) is 4.79 Å². The second kappa shape index (κ2) is 6.39. The number of nitrogens with one attached hydrogen (secondary N) is 1. The van der Waals surface area contributed by atoms with Crippen molar-refractivity contribution in [1.82, 2.24) is 14.9 Å². The van der Waals surface area contributed by atoms with Gasteiger partial charge in [0.05, 0.1) is 28.5 Å². The summed E-state index contributed by atoms with van der Waals surface area (Å²) in [6.07, 6.45) is 6.13. The standard InChI is InChI=1S/C20H14Br3ClN4O/c1-19(2)4-3-13-20(15-10(22)5-9(21)6-12(15)25-13)7-14(29)28(20)8-11(24)16-17(19)27-18(23)26-16/h3-6,8H,7H2,1-2H3,(H,26,27)/b4-3+,11-8-/t20-/m1/s1. The average molecular weight is 602 g/mol. The van der Waals surface area contributed by atoms with Gasteiger partial charge in [-0.2, -0.15) is 0 Å². The quantitative estimate of drug-likeness (QED) is 0.361. The molecule has 1 fully saturated rings. The minimum absolute atomic E-state index is 0.0112. The lowest BCUT2D eigenvalue weighted by Crippen LogP contribution is -2.61. The molecule has 1 atom stereocenters. The van der Waals surface area contributed by atoms with Crippen LogP contribution >= 0.6 is 59.4 Å². The topological polar surface area (TPSA) is 61.4 Å². The number of fused-ring (bicyclic) bond motifs is 2. The van der Waals surface area contributed by atoms with Gasteiger partial charge in [-0.3, -0.25) is 9.79 Å². The molecule has 0 unspecified atom stereocenters. The van der Waals surface area contributed by atoms with E-state index >= 15 is 0 Å². The molecule has 0 saturated carbocycles. The second-order valence-electron chi connectivity index (χ2n) is 7.86. The number of β-lactam (4-membered cyclic amide) rings is 1. The number of nitrogens with zero attached hydrogens (tertiary/aromatic N) is 3. The van der Waals surface area contributed by atoms with Gasteiger partial charge in [0.25, 0.3) is 0 Å². The van der Waals surface area contributed by atoms with E-state index in [1.54, 1.807) is 11.1 Å². The van der Waals surface area contributed by atoms with Gasteiger partial charge in [0.1, 0.15) is 11.2 Å². The largest absolute Gasteiger partial charge is 0.335 e. The number of carbonyl (C=O) groups excluding carboxylic acids is 1. The molecule has 4 heterocycles. The number of imidazole rings is 1. The highest BCUT2D eigenvalue weighted by Crippen LogP contribution is 2.55. The van der Waals surface area contributed by atoms with Crippen molar-refractivity contribution in [2.24, 2.45) is 4.99 Å². The summed E-state index contributed by atoms with van der Waals surface area (Å²) in [6, 6.07) is 3.95. The number of aliphatic imine (C=N–C) groups is 1. The number of carbonyl (C=O) groups is 1. The summed E-state index contributed by atoms with van der Waals surface area (Å²) >= 11 is 17.3. The molecular formula is C20H14Br3ClN4O. The Morgan fingerprint density at radius 3 is 2.72 bits per heavy atom. The molecule has 1 aromatic heterocycles. The molecule has 3 aliphatic rings. The van der Waals surface area contributed by atoms with Gasteiger partial charge < -0.3 is 9.88 Å². The summed E-state index contributed by atoms with van der Waals surface area (Å²) in [4.78, 5) is 27.1. The Bertz CT molecular complexity index is 1200. The minimum Gasteiger partial charge on any atom is -0.335 e. The molecule has 5 nitrogen and oxygen atoms in total. The maximum atomic E-state index is 12.7. The molecule has 0 radical (unpaired) electrons. The smallest absolute Gasteiger partial charge is 0.230 e. The number of rotatable bonds is 0. The third-order valence-corrected chi connectivity index (χ3v) is 7.38. The highest BCUT2D eigenvalue weighted by molar-refractivity contribution is 9.11. The number of benzene rings is 1. The van der Waals surface area contributed by atoms with Crippen LogP contribution < -0.4 is 0 Å². The van der Waals surface area contributed by atoms with Crippen molar-refractivity contribution in [1.29, 1.82) is 0 Å². The lowest BCUT2D eigenvalue weighted by atomic mass is 9.74. The van der Waals surface area contributed by atoms with Crippen LogP contribution in [-0.4, -0.2) is 26.5 Å². The van der Waals surface area contributed by atoms with E-state index in [0.29, 0.717) is 21.9 Å². The van der Waals surface area contributed by atoms with Crippen molar-refractivity contribution in [2.75, 3.05) is 0 Å². The van der Waals surface area contributed by atoms with E-state index in [-0.39, 0.29) is 11.3 Å². The van der Waals surface area contributed by atoms with Gasteiger partial charge in [0, 0.05) is 26.1 Å². The van der Waals surface area contributed by atoms with Crippen molar-refractivity contribution in [3.8, 4) is 0 Å². The van der Waals surface area contributed by atoms with Crippen molar-refractivity contribution in [2.45, 2.75) is 31.2 Å². The van der Waals surface area contributed by atoms with Crippen molar-refractivity contribution in [3.05, 3.63) is 61.1 Å². The van der Waals surface area contributed by atoms with Crippen molar-refractivity contribution < 1.29 is 4.79 Å². The predicted octanol–water partition coefficient (Wildman–Crippen LogP) is 6.30. The van der Waals surface area contributed by atoms with Crippen LogP contribution in [0.25, 0.3) is 5.03 Å². The van der Waals surface area contributed by atoms with E-state index in [4.69, 9.17) is 16.6 Å². The zero-order chi connectivity index (χ0) is 20.7. The Balaban J connectivity index is 1.81. The molecular weight excluding hydrogens is 587 g/mol. The van der Waals surface area contributed by atoms with Crippen LogP contribution in [0.5, 0.6) is 0 Å². The highest BCUT2D eigenvalue weighted by atomic mass is 79.9. The first-order valence-electron chi connectivity index (χ1n) is 8.87. The number of amides is 1. The van der Waals surface area contributed by atoms with Crippen molar-refractivity contribution >= 4 is 81.7 Å². The van der Waals surface area contributed by atoms with Crippen LogP contribution in [0, 0.1) is 0 Å². The van der Waals surface area contributed by atoms with Crippen molar-refractivity contribution in [3.63, 3.8) is 0 Å². The molecule has 1 amide bonds. The zero-order valence-corrected chi connectivity index (χ0v) is 20.9. The van der Waals surface area contributed by atoms with Crippen LogP contribution in [0.2, 0.25) is 0 Å². The summed E-state index contributed by atoms with van der Waals surface area (Å²) in [6.45, 7) is 4.18. The third-order valence-electron chi connectivity index (χ3n) is 5.65. The van der Waals surface area contributed by atoms with Crippen LogP contribution in [0.15, 0.2) is 49.2 Å². The first-order chi connectivity index (χ1) is 13.6. The molecule has 0 bridgehead atoms. The zero-order valence-electron chi connectivity index (χ0n) is 15.4. The summed E-state index contributed by atoms with van der Waals surface area (Å²) in [7, 11) is 0. The van der Waals surface area contributed by atoms with E-state index < -0.39 is 5.54 Å². The number of hydrogen-bond acceptors (Lipinski definition) is 3. The van der Waals surface area contributed by atoms with Crippen LogP contribution in [0.4, 0.5) is 5.69 Å². The summed E-state index contributed by atoms with van der Waals surface area (Å²) in [5, 5.41) is 0.402. The van der Waals surface area contributed by atoms with E-state index in [2.05, 4.69) is 77.7 Å². The summed E-state index contributed by atoms with van der Waals surface area (Å²) < 4.78 is 2.41. The fourth-order valence-corrected chi connectivity index (χ4v) is 6.37. The fourth-order valence-electron chi connectivity index (χ4n) is 4.23. The molecule has 5 rings (SSSR count). The average Bonchev–Trinajstić information content (AvgIpc) is 3.17. The number of allylic oxidation sites excluding steroid dienone is 1. The first-order valence-corrected chi connectivity index (χ1v) is 11.6. The molecule has 3 aliphatic heterocycles. The Kier molecular flexibility index (Phi) is 4.35. The predicted molar refractivity (Wildman–Crippen MR) is 124 cm³/mol. The third kappa shape index (κ3) is 2.72. The fraction of sp³-hybridized carbons (Fsp3) is 0.250. The van der Waals surface area contributed by atoms with Gasteiger partial charge in [0.15, 0.2) is 4.73 Å². The molecule has 1 N–H and O–H groups in total. The maximum Gasteiger partial charge on any atom is 0.230 e. The monoisotopic (exact) mass is 598 g/mol. The van der Waals surface area contributed by atoms with Gasteiger partial charge in [-0.15, -0.1) is 0 Å². The number of aromatic nitrogens is 2. The molecule has 9 heteroatoms. The molecule has 1 spiro atoms.